The Labute approximate surface area is 161 Å². The molecule has 1 heterocycles. The Morgan fingerprint density at radius 3 is 2.33 bits per heavy atom. The number of carbonyl (C=O) groups is 1. The highest BCUT2D eigenvalue weighted by molar-refractivity contribution is 5.76. The summed E-state index contributed by atoms with van der Waals surface area (Å²) in [4.78, 5) is 19.1. The van der Waals surface area contributed by atoms with Gasteiger partial charge in [-0.2, -0.15) is 0 Å². The van der Waals surface area contributed by atoms with Crippen molar-refractivity contribution in [2.24, 2.45) is 5.92 Å². The molecule has 144 valence electrons. The second-order valence-electron chi connectivity index (χ2n) is 7.15. The first kappa shape index (κ1) is 19.2. The van der Waals surface area contributed by atoms with Crippen LogP contribution in [0.1, 0.15) is 43.2 Å². The van der Waals surface area contributed by atoms with Crippen molar-refractivity contribution in [2.45, 2.75) is 45.2 Å². The molecule has 0 unspecified atom stereocenters. The van der Waals surface area contributed by atoms with Gasteiger partial charge in [-0.3, -0.25) is 9.78 Å². The smallest absolute Gasteiger partial charge is 0.223 e. The fourth-order valence-corrected chi connectivity index (χ4v) is 3.73. The number of nitrogens with zero attached hydrogens (tertiary/aromatic N) is 2. The molecule has 0 bridgehead atoms. The van der Waals surface area contributed by atoms with Crippen LogP contribution in [-0.4, -0.2) is 30.0 Å². The maximum Gasteiger partial charge on any atom is 0.223 e. The Kier molecular flexibility index (Phi) is 6.69. The molecule has 1 aliphatic rings. The molecule has 0 radical (unpaired) electrons. The molecule has 0 N–H and O–H groups in total. The van der Waals surface area contributed by atoms with E-state index in [2.05, 4.69) is 4.98 Å². The molecule has 0 aliphatic heterocycles. The first-order valence-electron chi connectivity index (χ1n) is 9.57. The van der Waals surface area contributed by atoms with Gasteiger partial charge >= 0.3 is 0 Å². The van der Waals surface area contributed by atoms with Gasteiger partial charge in [-0.25, -0.2) is 0 Å². The quantitative estimate of drug-likeness (QED) is 0.700. The van der Waals surface area contributed by atoms with E-state index in [4.69, 9.17) is 9.47 Å². The Morgan fingerprint density at radius 1 is 1.00 bits per heavy atom. The van der Waals surface area contributed by atoms with Crippen LogP contribution in [-0.2, 0) is 17.9 Å². The van der Waals surface area contributed by atoms with Crippen molar-refractivity contribution in [3.8, 4) is 11.5 Å². The number of methoxy groups -OCH3 is 2. The minimum Gasteiger partial charge on any atom is -0.493 e. The zero-order chi connectivity index (χ0) is 19.1. The fourth-order valence-electron chi connectivity index (χ4n) is 3.73. The number of rotatable bonds is 8. The molecule has 1 saturated carbocycles. The Balaban J connectivity index is 1.77. The van der Waals surface area contributed by atoms with Crippen LogP contribution in [0.5, 0.6) is 11.5 Å². The molecule has 1 aromatic heterocycles. The Hall–Kier alpha value is -2.56. The minimum atomic E-state index is 0.216. The second kappa shape index (κ2) is 9.40. The summed E-state index contributed by atoms with van der Waals surface area (Å²) in [5.41, 5.74) is 2.12. The van der Waals surface area contributed by atoms with Gasteiger partial charge < -0.3 is 14.4 Å². The molecule has 1 fully saturated rings. The van der Waals surface area contributed by atoms with Gasteiger partial charge in [-0.15, -0.1) is 0 Å². The van der Waals surface area contributed by atoms with Gasteiger partial charge in [0.15, 0.2) is 11.5 Å². The molecule has 1 aromatic carbocycles. The number of carbonyl (C=O) groups excluding carboxylic acids is 1. The highest BCUT2D eigenvalue weighted by Gasteiger charge is 2.23. The third-order valence-electron chi connectivity index (χ3n) is 5.23. The van der Waals surface area contributed by atoms with E-state index in [9.17, 15) is 4.79 Å². The SMILES string of the molecule is COc1ccc(CN(Cc2ccncc2)C(=O)CC2CCCC2)cc1OC. The maximum absolute atomic E-state index is 13.0. The molecular weight excluding hydrogens is 340 g/mol. The largest absolute Gasteiger partial charge is 0.493 e. The number of ether oxygens (including phenoxy) is 2. The van der Waals surface area contributed by atoms with E-state index < -0.39 is 0 Å². The van der Waals surface area contributed by atoms with Crippen LogP contribution < -0.4 is 9.47 Å². The number of hydrogen-bond donors (Lipinski definition) is 0. The third kappa shape index (κ3) is 5.22. The zero-order valence-corrected chi connectivity index (χ0v) is 16.2. The minimum absolute atomic E-state index is 0.216. The van der Waals surface area contributed by atoms with Gasteiger partial charge in [0, 0.05) is 31.9 Å². The van der Waals surface area contributed by atoms with E-state index >= 15 is 0 Å². The predicted molar refractivity (Wildman–Crippen MR) is 105 cm³/mol. The van der Waals surface area contributed by atoms with Crippen molar-refractivity contribution in [1.82, 2.24) is 9.88 Å². The molecule has 5 heteroatoms. The average Bonchev–Trinajstić information content (AvgIpc) is 3.21. The van der Waals surface area contributed by atoms with Crippen LogP contribution in [0.2, 0.25) is 0 Å². The Bertz CT molecular complexity index is 742. The Morgan fingerprint density at radius 2 is 1.67 bits per heavy atom. The maximum atomic E-state index is 13.0. The lowest BCUT2D eigenvalue weighted by atomic mass is 10.0. The lowest BCUT2D eigenvalue weighted by Gasteiger charge is -2.25. The van der Waals surface area contributed by atoms with Gasteiger partial charge in [0.05, 0.1) is 14.2 Å². The van der Waals surface area contributed by atoms with Crippen molar-refractivity contribution in [1.29, 1.82) is 0 Å². The lowest BCUT2D eigenvalue weighted by molar-refractivity contribution is -0.133. The summed E-state index contributed by atoms with van der Waals surface area (Å²) in [5.74, 6) is 2.12. The predicted octanol–water partition coefficient (Wildman–Crippen LogP) is 4.21. The monoisotopic (exact) mass is 368 g/mol. The standard InChI is InChI=1S/C22H28N2O3/c1-26-20-8-7-19(13-21(20)27-2)16-24(15-18-9-11-23-12-10-18)22(25)14-17-5-3-4-6-17/h7-13,17H,3-6,14-16H2,1-2H3. The van der Waals surface area contributed by atoms with Gasteiger partial charge in [0.2, 0.25) is 5.91 Å². The molecule has 1 amide bonds. The van der Waals surface area contributed by atoms with E-state index in [1.807, 2.05) is 35.2 Å². The molecule has 27 heavy (non-hydrogen) atoms. The molecule has 0 atom stereocenters. The summed E-state index contributed by atoms with van der Waals surface area (Å²) < 4.78 is 10.7. The summed E-state index contributed by atoms with van der Waals surface area (Å²) in [6.45, 7) is 1.14. The van der Waals surface area contributed by atoms with Crippen molar-refractivity contribution in [2.75, 3.05) is 14.2 Å². The average molecular weight is 368 g/mol. The van der Waals surface area contributed by atoms with Gasteiger partial charge in [-0.05, 0) is 54.2 Å². The van der Waals surface area contributed by atoms with Crippen molar-refractivity contribution in [3.05, 3.63) is 53.9 Å². The van der Waals surface area contributed by atoms with Gasteiger partial charge in [0.25, 0.3) is 0 Å². The number of amides is 1. The van der Waals surface area contributed by atoms with E-state index in [0.29, 0.717) is 36.9 Å². The summed E-state index contributed by atoms with van der Waals surface area (Å²) >= 11 is 0. The summed E-state index contributed by atoms with van der Waals surface area (Å²) in [6, 6.07) is 9.75. The zero-order valence-electron chi connectivity index (χ0n) is 16.2. The molecule has 2 aromatic rings. The van der Waals surface area contributed by atoms with Crippen LogP contribution in [0.25, 0.3) is 0 Å². The third-order valence-corrected chi connectivity index (χ3v) is 5.23. The van der Waals surface area contributed by atoms with Crippen molar-refractivity contribution < 1.29 is 14.3 Å². The van der Waals surface area contributed by atoms with E-state index in [1.54, 1.807) is 26.6 Å². The molecular formula is C22H28N2O3. The summed E-state index contributed by atoms with van der Waals surface area (Å²) in [7, 11) is 3.25. The van der Waals surface area contributed by atoms with Crippen LogP contribution in [0, 0.1) is 5.92 Å². The molecule has 0 saturated heterocycles. The van der Waals surface area contributed by atoms with Gasteiger partial charge in [0.1, 0.15) is 0 Å². The topological polar surface area (TPSA) is 51.7 Å². The molecule has 1 aliphatic carbocycles. The van der Waals surface area contributed by atoms with Crippen molar-refractivity contribution in [3.63, 3.8) is 0 Å². The van der Waals surface area contributed by atoms with Gasteiger partial charge in [-0.1, -0.05) is 18.9 Å². The van der Waals surface area contributed by atoms with Crippen LogP contribution >= 0.6 is 0 Å². The van der Waals surface area contributed by atoms with Crippen LogP contribution in [0.15, 0.2) is 42.7 Å². The van der Waals surface area contributed by atoms with Crippen LogP contribution in [0.3, 0.4) is 0 Å². The second-order valence-corrected chi connectivity index (χ2v) is 7.15. The number of aromatic nitrogens is 1. The lowest BCUT2D eigenvalue weighted by Crippen LogP contribution is -2.31. The summed E-state index contributed by atoms with van der Waals surface area (Å²) in [6.07, 6.45) is 9.02. The highest BCUT2D eigenvalue weighted by Crippen LogP contribution is 2.30. The fraction of sp³-hybridized carbons (Fsp3) is 0.455. The first-order valence-corrected chi connectivity index (χ1v) is 9.57. The highest BCUT2D eigenvalue weighted by atomic mass is 16.5. The van der Waals surface area contributed by atoms with E-state index in [-0.39, 0.29) is 5.91 Å². The first-order chi connectivity index (χ1) is 13.2. The normalized spacial score (nSPS) is 14.1. The number of benzene rings is 1. The number of pyridine rings is 1. The molecule has 3 rings (SSSR count). The van der Waals surface area contributed by atoms with E-state index in [1.165, 1.54) is 25.7 Å². The van der Waals surface area contributed by atoms with Crippen molar-refractivity contribution >= 4 is 5.91 Å². The summed E-state index contributed by atoms with van der Waals surface area (Å²) in [5, 5.41) is 0. The van der Waals surface area contributed by atoms with E-state index in [0.717, 1.165) is 11.1 Å². The number of hydrogen-bond acceptors (Lipinski definition) is 4. The van der Waals surface area contributed by atoms with Crippen LogP contribution in [0.4, 0.5) is 0 Å². The molecule has 5 nitrogen and oxygen atoms in total. The molecule has 0 spiro atoms.